The van der Waals surface area contributed by atoms with Gasteiger partial charge in [-0.3, -0.25) is 0 Å². The van der Waals surface area contributed by atoms with E-state index in [0.717, 1.165) is 6.07 Å². The largest absolute Gasteiger partial charge is 0.433 e. The highest BCUT2D eigenvalue weighted by Gasteiger charge is 2.32. The third-order valence-electron chi connectivity index (χ3n) is 1.05. The first-order valence-corrected chi connectivity index (χ1v) is 3.97. The van der Waals surface area contributed by atoms with Gasteiger partial charge in [0, 0.05) is 5.02 Å². The molecule has 0 aromatic carbocycles. The fraction of sp³-hybridized carbons (Fsp3) is 0.167. The van der Waals surface area contributed by atoms with Crippen molar-refractivity contribution in [1.29, 1.82) is 0 Å². The Morgan fingerprint density at radius 1 is 1.33 bits per heavy atom. The minimum Gasteiger partial charge on any atom is -0.236 e. The molecular weight excluding hydrogens is 258 g/mol. The number of nitrogens with zero attached hydrogens (tertiary/aromatic N) is 1. The summed E-state index contributed by atoms with van der Waals surface area (Å²) in [6.07, 6.45) is -4.45. The van der Waals surface area contributed by atoms with Gasteiger partial charge in [-0.05, 0) is 28.1 Å². The number of alkyl halides is 3. The molecule has 0 aliphatic carbocycles. The number of aromatic nitrogens is 1. The summed E-state index contributed by atoms with van der Waals surface area (Å²) in [4.78, 5) is 3.21. The lowest BCUT2D eigenvalue weighted by Gasteiger charge is -2.05. The highest BCUT2D eigenvalue weighted by atomic mass is 79.9. The van der Waals surface area contributed by atoms with Crippen LogP contribution in [0.5, 0.6) is 0 Å². The molecule has 0 N–H and O–H groups in total. The summed E-state index contributed by atoms with van der Waals surface area (Å²) in [5.41, 5.74) is -0.998. The first-order chi connectivity index (χ1) is 5.39. The number of halogens is 5. The normalized spacial score (nSPS) is 11.8. The predicted octanol–water partition coefficient (Wildman–Crippen LogP) is 3.52. The molecule has 1 rings (SSSR count). The Bertz CT molecular complexity index is 279. The van der Waals surface area contributed by atoms with Crippen molar-refractivity contribution in [3.05, 3.63) is 27.5 Å². The van der Waals surface area contributed by atoms with Crippen LogP contribution < -0.4 is 0 Å². The minimum atomic E-state index is -4.45. The highest BCUT2D eigenvalue weighted by molar-refractivity contribution is 9.10. The zero-order valence-corrected chi connectivity index (χ0v) is 7.83. The third-order valence-corrected chi connectivity index (χ3v) is 1.67. The van der Waals surface area contributed by atoms with Crippen LogP contribution in [-0.4, -0.2) is 4.98 Å². The Hall–Kier alpha value is -0.290. The zero-order valence-electron chi connectivity index (χ0n) is 5.49. The summed E-state index contributed by atoms with van der Waals surface area (Å²) in [5, 5.41) is 0.00389. The Labute approximate surface area is 79.7 Å². The van der Waals surface area contributed by atoms with Gasteiger partial charge >= 0.3 is 6.18 Å². The molecule has 1 heterocycles. The summed E-state index contributed by atoms with van der Waals surface area (Å²) in [7, 11) is 0. The molecule has 0 fully saturated rings. The quantitative estimate of drug-likeness (QED) is 0.650. The van der Waals surface area contributed by atoms with Gasteiger partial charge < -0.3 is 0 Å². The molecule has 1 nitrogen and oxygen atoms in total. The van der Waals surface area contributed by atoms with Crippen molar-refractivity contribution in [3.8, 4) is 0 Å². The molecular formula is C6H2BrClF3N. The van der Waals surface area contributed by atoms with Crippen LogP contribution in [0, 0.1) is 0 Å². The van der Waals surface area contributed by atoms with Gasteiger partial charge in [0.05, 0.1) is 0 Å². The SMILES string of the molecule is FC(F)(F)c1cc(Cl)cc(Br)n1. The number of rotatable bonds is 0. The van der Waals surface area contributed by atoms with E-state index in [4.69, 9.17) is 11.6 Å². The van der Waals surface area contributed by atoms with Crippen molar-refractivity contribution in [1.82, 2.24) is 4.98 Å². The van der Waals surface area contributed by atoms with E-state index in [9.17, 15) is 13.2 Å². The van der Waals surface area contributed by atoms with E-state index in [2.05, 4.69) is 20.9 Å². The molecule has 0 spiro atoms. The summed E-state index contributed by atoms with van der Waals surface area (Å²) < 4.78 is 36.1. The van der Waals surface area contributed by atoms with Gasteiger partial charge in [0.25, 0.3) is 0 Å². The Kier molecular flexibility index (Phi) is 2.63. The summed E-state index contributed by atoms with van der Waals surface area (Å²) in [5.74, 6) is 0. The van der Waals surface area contributed by atoms with Crippen molar-refractivity contribution in [2.45, 2.75) is 6.18 Å². The molecule has 66 valence electrons. The maximum Gasteiger partial charge on any atom is 0.433 e. The van der Waals surface area contributed by atoms with E-state index >= 15 is 0 Å². The maximum absolute atomic E-state index is 12.0. The Morgan fingerprint density at radius 3 is 2.33 bits per heavy atom. The molecule has 1 aromatic heterocycles. The molecule has 0 bridgehead atoms. The fourth-order valence-electron chi connectivity index (χ4n) is 0.611. The van der Waals surface area contributed by atoms with E-state index in [1.165, 1.54) is 6.07 Å². The van der Waals surface area contributed by atoms with Gasteiger partial charge in [0.15, 0.2) is 0 Å². The van der Waals surface area contributed by atoms with E-state index < -0.39 is 11.9 Å². The van der Waals surface area contributed by atoms with E-state index in [-0.39, 0.29) is 9.63 Å². The number of hydrogen-bond acceptors (Lipinski definition) is 1. The van der Waals surface area contributed by atoms with Crippen molar-refractivity contribution in [2.24, 2.45) is 0 Å². The van der Waals surface area contributed by atoms with Gasteiger partial charge in [-0.2, -0.15) is 13.2 Å². The summed E-state index contributed by atoms with van der Waals surface area (Å²) >= 11 is 8.20. The molecule has 0 atom stereocenters. The number of hydrogen-bond donors (Lipinski definition) is 0. The summed E-state index contributed by atoms with van der Waals surface area (Å²) in [6, 6.07) is 2.06. The van der Waals surface area contributed by atoms with E-state index in [1.54, 1.807) is 0 Å². The second-order valence-electron chi connectivity index (χ2n) is 1.99. The van der Waals surface area contributed by atoms with Crippen molar-refractivity contribution in [2.75, 3.05) is 0 Å². The van der Waals surface area contributed by atoms with Crippen LogP contribution in [0.4, 0.5) is 13.2 Å². The van der Waals surface area contributed by atoms with Crippen LogP contribution in [0.2, 0.25) is 5.02 Å². The first-order valence-electron chi connectivity index (χ1n) is 2.80. The third kappa shape index (κ3) is 2.35. The topological polar surface area (TPSA) is 12.9 Å². The van der Waals surface area contributed by atoms with E-state index in [0.29, 0.717) is 0 Å². The molecule has 0 unspecified atom stereocenters. The second kappa shape index (κ2) is 3.22. The van der Waals surface area contributed by atoms with Gasteiger partial charge in [-0.25, -0.2) is 4.98 Å². The van der Waals surface area contributed by atoms with Crippen LogP contribution in [0.1, 0.15) is 5.69 Å². The van der Waals surface area contributed by atoms with Crippen LogP contribution in [-0.2, 0) is 6.18 Å². The average Bonchev–Trinajstić information content (AvgIpc) is 1.82. The van der Waals surface area contributed by atoms with Crippen molar-refractivity contribution in [3.63, 3.8) is 0 Å². The van der Waals surface area contributed by atoms with Crippen molar-refractivity contribution < 1.29 is 13.2 Å². The summed E-state index contributed by atoms with van der Waals surface area (Å²) in [6.45, 7) is 0. The van der Waals surface area contributed by atoms with Crippen LogP contribution in [0.25, 0.3) is 0 Å². The lowest BCUT2D eigenvalue weighted by molar-refractivity contribution is -0.141. The Morgan fingerprint density at radius 2 is 1.92 bits per heavy atom. The van der Waals surface area contributed by atoms with Gasteiger partial charge in [0.1, 0.15) is 10.3 Å². The van der Waals surface area contributed by atoms with Gasteiger partial charge in [-0.15, -0.1) is 0 Å². The van der Waals surface area contributed by atoms with Crippen LogP contribution in [0.3, 0.4) is 0 Å². The average molecular weight is 260 g/mol. The molecule has 6 heteroatoms. The molecule has 0 saturated carbocycles. The molecule has 0 aliphatic rings. The van der Waals surface area contributed by atoms with E-state index in [1.807, 2.05) is 0 Å². The highest BCUT2D eigenvalue weighted by Crippen LogP contribution is 2.30. The molecule has 0 saturated heterocycles. The lowest BCUT2D eigenvalue weighted by atomic mass is 10.3. The molecule has 12 heavy (non-hydrogen) atoms. The fourth-order valence-corrected chi connectivity index (χ4v) is 1.39. The zero-order chi connectivity index (χ0) is 9.35. The standard InChI is InChI=1S/C6H2BrClF3N/c7-5-2-3(8)1-4(12-5)6(9,10)11/h1-2H. The van der Waals surface area contributed by atoms with Gasteiger partial charge in [0.2, 0.25) is 0 Å². The smallest absolute Gasteiger partial charge is 0.236 e. The monoisotopic (exact) mass is 259 g/mol. The lowest BCUT2D eigenvalue weighted by Crippen LogP contribution is -2.07. The Balaban J connectivity index is 3.18. The minimum absolute atomic E-state index is 0.00389. The molecule has 0 amide bonds. The molecule has 1 aromatic rings. The maximum atomic E-state index is 12.0. The van der Waals surface area contributed by atoms with Crippen LogP contribution in [0.15, 0.2) is 16.7 Å². The molecule has 0 radical (unpaired) electrons. The van der Waals surface area contributed by atoms with Gasteiger partial charge in [-0.1, -0.05) is 11.6 Å². The number of pyridine rings is 1. The first kappa shape index (κ1) is 9.80. The second-order valence-corrected chi connectivity index (χ2v) is 3.24. The van der Waals surface area contributed by atoms with Crippen molar-refractivity contribution >= 4 is 27.5 Å². The predicted molar refractivity (Wildman–Crippen MR) is 41.9 cm³/mol. The van der Waals surface area contributed by atoms with Crippen LogP contribution >= 0.6 is 27.5 Å². The molecule has 0 aliphatic heterocycles.